The topological polar surface area (TPSA) is 38.5 Å². The molecule has 0 fully saturated rings. The molecular weight excluding hydrogens is 248 g/mol. The fourth-order valence-corrected chi connectivity index (χ4v) is 3.05. The Morgan fingerprint density at radius 3 is 2.55 bits per heavy atom. The molecule has 0 bridgehead atoms. The highest BCUT2D eigenvalue weighted by atomic mass is 16.5. The van der Waals surface area contributed by atoms with Crippen molar-refractivity contribution in [2.75, 3.05) is 14.2 Å². The van der Waals surface area contributed by atoms with Crippen LogP contribution in [0.2, 0.25) is 0 Å². The van der Waals surface area contributed by atoms with Crippen LogP contribution in [0.25, 0.3) is 0 Å². The van der Waals surface area contributed by atoms with Gasteiger partial charge in [-0.25, -0.2) is 0 Å². The molecule has 112 valence electrons. The van der Waals surface area contributed by atoms with Crippen LogP contribution in [0.1, 0.15) is 44.9 Å². The second-order valence-corrected chi connectivity index (χ2v) is 7.07. The molecule has 1 aliphatic carbocycles. The van der Waals surface area contributed by atoms with Gasteiger partial charge in [0.05, 0.1) is 7.11 Å². The Kier molecular flexibility index (Phi) is 4.12. The first-order chi connectivity index (χ1) is 9.25. The van der Waals surface area contributed by atoms with Crippen molar-refractivity contribution in [1.29, 1.82) is 0 Å². The van der Waals surface area contributed by atoms with Gasteiger partial charge in [0.15, 0.2) is 0 Å². The molecule has 0 radical (unpaired) electrons. The van der Waals surface area contributed by atoms with Crippen LogP contribution in [0.5, 0.6) is 5.75 Å². The van der Waals surface area contributed by atoms with E-state index in [1.165, 1.54) is 11.1 Å². The quantitative estimate of drug-likeness (QED) is 0.922. The van der Waals surface area contributed by atoms with Crippen LogP contribution in [0.3, 0.4) is 0 Å². The number of nitrogens with two attached hydrogens (primary N) is 1. The number of hydrogen-bond donors (Lipinski definition) is 1. The first kappa shape index (κ1) is 15.3. The minimum atomic E-state index is 0.0647. The molecule has 3 nitrogen and oxygen atoms in total. The van der Waals surface area contributed by atoms with Crippen molar-refractivity contribution in [2.24, 2.45) is 11.1 Å². The average Bonchev–Trinajstić information content (AvgIpc) is 2.73. The van der Waals surface area contributed by atoms with Crippen LogP contribution in [-0.4, -0.2) is 31.1 Å². The van der Waals surface area contributed by atoms with Crippen molar-refractivity contribution in [1.82, 2.24) is 4.90 Å². The van der Waals surface area contributed by atoms with Gasteiger partial charge in [-0.3, -0.25) is 4.90 Å². The molecule has 0 saturated heterocycles. The van der Waals surface area contributed by atoms with E-state index in [4.69, 9.17) is 10.5 Å². The maximum absolute atomic E-state index is 6.50. The van der Waals surface area contributed by atoms with Gasteiger partial charge in [-0.1, -0.05) is 26.8 Å². The van der Waals surface area contributed by atoms with Gasteiger partial charge < -0.3 is 10.5 Å². The molecule has 3 unspecified atom stereocenters. The van der Waals surface area contributed by atoms with Crippen molar-refractivity contribution in [2.45, 2.75) is 52.2 Å². The minimum absolute atomic E-state index is 0.0647. The Morgan fingerprint density at radius 2 is 2.00 bits per heavy atom. The third-order valence-corrected chi connectivity index (χ3v) is 4.94. The molecule has 3 heteroatoms. The SMILES string of the molecule is COc1ccc2c(c1)C(N)C(N(C)C(C)C(C)(C)C)C2. The molecule has 20 heavy (non-hydrogen) atoms. The van der Waals surface area contributed by atoms with E-state index in [1.807, 2.05) is 6.07 Å². The lowest BCUT2D eigenvalue weighted by atomic mass is 9.86. The number of rotatable bonds is 3. The molecule has 1 aromatic rings. The highest BCUT2D eigenvalue weighted by Crippen LogP contribution is 2.37. The Balaban J connectivity index is 2.22. The maximum Gasteiger partial charge on any atom is 0.119 e. The van der Waals surface area contributed by atoms with Gasteiger partial charge in [0.1, 0.15) is 5.75 Å². The van der Waals surface area contributed by atoms with E-state index in [9.17, 15) is 0 Å². The summed E-state index contributed by atoms with van der Waals surface area (Å²) in [6, 6.07) is 7.19. The Bertz CT molecular complexity index is 478. The standard InChI is InChI=1S/C17H28N2O/c1-11(17(2,3)4)19(5)15-9-12-7-8-13(20-6)10-14(12)16(15)18/h7-8,10-11,15-16H,9,18H2,1-6H3. The first-order valence-corrected chi connectivity index (χ1v) is 7.40. The van der Waals surface area contributed by atoms with Crippen molar-refractivity contribution >= 4 is 0 Å². The molecule has 1 aliphatic rings. The third kappa shape index (κ3) is 2.70. The molecule has 1 aromatic carbocycles. The van der Waals surface area contributed by atoms with E-state index in [0.717, 1.165) is 12.2 Å². The van der Waals surface area contributed by atoms with Crippen LogP contribution in [0, 0.1) is 5.41 Å². The highest BCUT2D eigenvalue weighted by Gasteiger charge is 2.37. The molecule has 0 spiro atoms. The van der Waals surface area contributed by atoms with E-state index in [0.29, 0.717) is 12.1 Å². The number of likely N-dealkylation sites (N-methyl/N-ethyl adjacent to an activating group) is 1. The largest absolute Gasteiger partial charge is 0.497 e. The monoisotopic (exact) mass is 276 g/mol. The highest BCUT2D eigenvalue weighted by molar-refractivity contribution is 5.42. The predicted molar refractivity (Wildman–Crippen MR) is 84.1 cm³/mol. The van der Waals surface area contributed by atoms with Crippen LogP contribution in [0.4, 0.5) is 0 Å². The summed E-state index contributed by atoms with van der Waals surface area (Å²) in [6.07, 6.45) is 1.03. The van der Waals surface area contributed by atoms with Crippen LogP contribution in [-0.2, 0) is 6.42 Å². The number of hydrogen-bond acceptors (Lipinski definition) is 3. The first-order valence-electron chi connectivity index (χ1n) is 7.40. The fraction of sp³-hybridized carbons (Fsp3) is 0.647. The molecule has 0 saturated carbocycles. The van der Waals surface area contributed by atoms with Crippen LogP contribution < -0.4 is 10.5 Å². The van der Waals surface area contributed by atoms with Gasteiger partial charge in [0.25, 0.3) is 0 Å². The summed E-state index contributed by atoms with van der Waals surface area (Å²) in [5, 5.41) is 0. The lowest BCUT2D eigenvalue weighted by Crippen LogP contribution is -2.48. The van der Waals surface area contributed by atoms with Gasteiger partial charge in [-0.05, 0) is 49.1 Å². The fourth-order valence-electron chi connectivity index (χ4n) is 3.05. The normalized spacial score (nSPS) is 23.8. The lowest BCUT2D eigenvalue weighted by Gasteiger charge is -2.40. The lowest BCUT2D eigenvalue weighted by molar-refractivity contribution is 0.0896. The van der Waals surface area contributed by atoms with E-state index in [1.54, 1.807) is 7.11 Å². The Hall–Kier alpha value is -1.06. The van der Waals surface area contributed by atoms with E-state index >= 15 is 0 Å². The smallest absolute Gasteiger partial charge is 0.119 e. The summed E-state index contributed by atoms with van der Waals surface area (Å²) in [6.45, 7) is 9.14. The molecular formula is C17H28N2O. The summed E-state index contributed by atoms with van der Waals surface area (Å²) in [7, 11) is 3.90. The Labute approximate surface area is 123 Å². The second kappa shape index (κ2) is 5.38. The van der Waals surface area contributed by atoms with Crippen molar-refractivity contribution < 1.29 is 4.74 Å². The third-order valence-electron chi connectivity index (χ3n) is 4.94. The number of methoxy groups -OCH3 is 1. The van der Waals surface area contributed by atoms with Gasteiger partial charge >= 0.3 is 0 Å². The van der Waals surface area contributed by atoms with Gasteiger partial charge in [-0.15, -0.1) is 0 Å². The number of nitrogens with zero attached hydrogens (tertiary/aromatic N) is 1. The zero-order valence-corrected chi connectivity index (χ0v) is 13.6. The Morgan fingerprint density at radius 1 is 1.35 bits per heavy atom. The molecule has 3 atom stereocenters. The van der Waals surface area contributed by atoms with Crippen molar-refractivity contribution in [3.8, 4) is 5.75 Å². The van der Waals surface area contributed by atoms with Crippen molar-refractivity contribution in [3.63, 3.8) is 0 Å². The summed E-state index contributed by atoms with van der Waals surface area (Å²) >= 11 is 0. The predicted octanol–water partition coefficient (Wildman–Crippen LogP) is 2.99. The molecule has 0 heterocycles. The molecule has 0 aliphatic heterocycles. The summed E-state index contributed by atoms with van der Waals surface area (Å²) < 4.78 is 5.32. The van der Waals surface area contributed by atoms with E-state index in [-0.39, 0.29) is 11.5 Å². The van der Waals surface area contributed by atoms with E-state index in [2.05, 4.69) is 51.8 Å². The average molecular weight is 276 g/mol. The van der Waals surface area contributed by atoms with Gasteiger partial charge in [0.2, 0.25) is 0 Å². The molecule has 2 rings (SSSR count). The van der Waals surface area contributed by atoms with Crippen molar-refractivity contribution in [3.05, 3.63) is 29.3 Å². The minimum Gasteiger partial charge on any atom is -0.497 e. The van der Waals surface area contributed by atoms with E-state index < -0.39 is 0 Å². The zero-order chi connectivity index (χ0) is 15.1. The molecule has 2 N–H and O–H groups in total. The maximum atomic E-state index is 6.50. The molecule has 0 amide bonds. The zero-order valence-electron chi connectivity index (χ0n) is 13.6. The molecule has 0 aromatic heterocycles. The number of fused-ring (bicyclic) bond motifs is 1. The van der Waals surface area contributed by atoms with Crippen LogP contribution in [0.15, 0.2) is 18.2 Å². The number of ether oxygens (including phenoxy) is 1. The number of benzene rings is 1. The summed E-state index contributed by atoms with van der Waals surface area (Å²) in [4.78, 5) is 2.44. The van der Waals surface area contributed by atoms with Gasteiger partial charge in [-0.2, -0.15) is 0 Å². The summed E-state index contributed by atoms with van der Waals surface area (Å²) in [5.74, 6) is 0.895. The summed E-state index contributed by atoms with van der Waals surface area (Å²) in [5.41, 5.74) is 9.35. The van der Waals surface area contributed by atoms with Crippen LogP contribution >= 0.6 is 0 Å². The second-order valence-electron chi connectivity index (χ2n) is 7.07. The van der Waals surface area contributed by atoms with Gasteiger partial charge in [0, 0.05) is 18.1 Å².